The number of hydrogen-bond donors (Lipinski definition) is 2. The number of urea groups is 1. The number of allylic oxidation sites excluding steroid dienone is 3. The normalized spacial score (nSPS) is 14.8. The van der Waals surface area contributed by atoms with E-state index < -0.39 is 29.3 Å². The number of hydrogen-bond acceptors (Lipinski definition) is 3. The maximum Gasteiger partial charge on any atom is 0.322 e. The number of fused-ring (bicyclic) bond motifs is 1. The maximum atomic E-state index is 13.7. The van der Waals surface area contributed by atoms with Crippen LogP contribution in [0.2, 0.25) is 0 Å². The Bertz CT molecular complexity index is 1060. The summed E-state index contributed by atoms with van der Waals surface area (Å²) in [4.78, 5) is 39.4. The number of carbonyl (C=O) groups excluding carboxylic acids is 2. The molecule has 0 aliphatic heterocycles. The average Bonchev–Trinajstić information content (AvgIpc) is 2.64. The van der Waals surface area contributed by atoms with Gasteiger partial charge >= 0.3 is 6.03 Å². The number of H-pyrrole nitrogens is 1. The van der Waals surface area contributed by atoms with Gasteiger partial charge < -0.3 is 15.2 Å². The summed E-state index contributed by atoms with van der Waals surface area (Å²) in [5.41, 5.74) is 0.414. The third-order valence-corrected chi connectivity index (χ3v) is 4.55. The fourth-order valence-corrected chi connectivity index (χ4v) is 2.84. The number of aromatic nitrogens is 1. The molecule has 1 aromatic heterocycles. The first-order valence-electron chi connectivity index (χ1n) is 8.23. The summed E-state index contributed by atoms with van der Waals surface area (Å²) in [6.45, 7) is 1.70. The summed E-state index contributed by atoms with van der Waals surface area (Å²) in [5, 5.41) is 2.90. The highest BCUT2D eigenvalue weighted by atomic mass is 19.2. The van der Waals surface area contributed by atoms with Crippen molar-refractivity contribution in [2.45, 2.75) is 19.4 Å². The molecule has 0 saturated carbocycles. The van der Waals surface area contributed by atoms with Crippen LogP contribution in [0.15, 0.2) is 47.0 Å². The smallest absolute Gasteiger partial charge is 0.322 e. The van der Waals surface area contributed by atoms with Gasteiger partial charge in [-0.1, -0.05) is 6.08 Å². The van der Waals surface area contributed by atoms with Crippen LogP contribution in [0.4, 0.5) is 13.6 Å². The summed E-state index contributed by atoms with van der Waals surface area (Å²) in [6.07, 6.45) is 6.09. The summed E-state index contributed by atoms with van der Waals surface area (Å²) < 4.78 is 27.2. The lowest BCUT2D eigenvalue weighted by molar-refractivity contribution is -0.113. The van der Waals surface area contributed by atoms with E-state index in [1.54, 1.807) is 13.0 Å². The summed E-state index contributed by atoms with van der Waals surface area (Å²) in [6, 6.07) is 0.794. The predicted molar refractivity (Wildman–Crippen MR) is 96.0 cm³/mol. The van der Waals surface area contributed by atoms with E-state index in [1.807, 2.05) is 0 Å². The zero-order chi connectivity index (χ0) is 19.7. The van der Waals surface area contributed by atoms with Crippen molar-refractivity contribution >= 4 is 22.6 Å². The van der Waals surface area contributed by atoms with Gasteiger partial charge in [-0.25, -0.2) is 13.6 Å². The molecule has 0 spiro atoms. The minimum atomic E-state index is -1.12. The van der Waals surface area contributed by atoms with Crippen LogP contribution in [0.1, 0.15) is 24.9 Å². The Labute approximate surface area is 153 Å². The molecule has 3 rings (SSSR count). The minimum Gasteiger partial charge on any atom is -0.328 e. The number of carbonyl (C=O) groups is 2. The number of amides is 2. The Balaban J connectivity index is 1.90. The Morgan fingerprint density at radius 2 is 1.85 bits per heavy atom. The van der Waals surface area contributed by atoms with Crippen molar-refractivity contribution in [3.8, 4) is 0 Å². The molecule has 0 bridgehead atoms. The fraction of sp³-hybridized carbons (Fsp3) is 0.211. The molecule has 1 atom stereocenters. The third-order valence-electron chi connectivity index (χ3n) is 4.55. The van der Waals surface area contributed by atoms with Gasteiger partial charge in [0.25, 0.3) is 5.56 Å². The van der Waals surface area contributed by atoms with Gasteiger partial charge in [0.2, 0.25) is 0 Å². The lowest BCUT2D eigenvalue weighted by Crippen LogP contribution is -2.38. The van der Waals surface area contributed by atoms with Crippen LogP contribution in [-0.4, -0.2) is 28.7 Å². The molecule has 1 aromatic carbocycles. The Morgan fingerprint density at radius 1 is 1.19 bits per heavy atom. The number of benzene rings is 1. The van der Waals surface area contributed by atoms with Gasteiger partial charge in [-0.2, -0.15) is 0 Å². The Kier molecular flexibility index (Phi) is 4.89. The number of rotatable bonds is 3. The monoisotopic (exact) mass is 373 g/mol. The molecule has 6 nitrogen and oxygen atoms in total. The van der Waals surface area contributed by atoms with Gasteiger partial charge in [-0.3, -0.25) is 9.59 Å². The zero-order valence-corrected chi connectivity index (χ0v) is 14.7. The second-order valence-corrected chi connectivity index (χ2v) is 6.27. The van der Waals surface area contributed by atoms with Crippen LogP contribution < -0.4 is 10.9 Å². The molecule has 1 unspecified atom stereocenters. The largest absolute Gasteiger partial charge is 0.328 e. The number of nitrogens with zero attached hydrogens (tertiary/aromatic N) is 1. The summed E-state index contributed by atoms with van der Waals surface area (Å²) in [5.74, 6) is -2.24. The number of aromatic amines is 1. The second-order valence-electron chi connectivity index (χ2n) is 6.27. The van der Waals surface area contributed by atoms with Gasteiger partial charge in [-0.05, 0) is 42.2 Å². The van der Waals surface area contributed by atoms with E-state index in [4.69, 9.17) is 0 Å². The Hall–Kier alpha value is -3.29. The van der Waals surface area contributed by atoms with Crippen LogP contribution in [-0.2, 0) is 4.79 Å². The van der Waals surface area contributed by atoms with Crippen LogP contribution in [0.25, 0.3) is 10.8 Å². The molecule has 0 radical (unpaired) electrons. The lowest BCUT2D eigenvalue weighted by Gasteiger charge is -2.27. The summed E-state index contributed by atoms with van der Waals surface area (Å²) in [7, 11) is 1.54. The van der Waals surface area contributed by atoms with E-state index in [2.05, 4.69) is 10.3 Å². The van der Waals surface area contributed by atoms with Gasteiger partial charge in [-0.15, -0.1) is 0 Å². The first kappa shape index (κ1) is 18.5. The van der Waals surface area contributed by atoms with Crippen molar-refractivity contribution in [1.82, 2.24) is 15.2 Å². The molecule has 1 heterocycles. The second kappa shape index (κ2) is 7.14. The topological polar surface area (TPSA) is 82.3 Å². The number of halogens is 2. The van der Waals surface area contributed by atoms with E-state index in [0.29, 0.717) is 11.3 Å². The molecule has 2 N–H and O–H groups in total. The van der Waals surface area contributed by atoms with Crippen LogP contribution in [0.5, 0.6) is 0 Å². The van der Waals surface area contributed by atoms with Crippen LogP contribution in [0.3, 0.4) is 0 Å². The van der Waals surface area contributed by atoms with E-state index in [9.17, 15) is 23.2 Å². The van der Waals surface area contributed by atoms with Gasteiger partial charge in [0, 0.05) is 25.4 Å². The SMILES string of the molecule is CC(c1c[nH]c(=O)c2cc(F)c(F)cc12)N(C)C(=O)NC1=CCC(=O)C=C1. The fourth-order valence-electron chi connectivity index (χ4n) is 2.84. The van der Waals surface area contributed by atoms with Gasteiger partial charge in [0.05, 0.1) is 11.4 Å². The molecule has 0 fully saturated rings. The van der Waals surface area contributed by atoms with E-state index in [-0.39, 0.29) is 23.0 Å². The molecule has 0 saturated heterocycles. The molecule has 2 aromatic rings. The molecule has 1 aliphatic carbocycles. The standard InChI is InChI=1S/C19H17F2N3O3/c1-10(24(2)19(27)23-11-3-5-12(25)6-4-11)15-9-22-18(26)14-8-17(21)16(20)7-13(14)15/h3-5,7-10H,6H2,1-2H3,(H,22,26)(H,23,27). The third kappa shape index (κ3) is 3.64. The first-order valence-corrected chi connectivity index (χ1v) is 8.23. The molecule has 8 heteroatoms. The van der Waals surface area contributed by atoms with E-state index in [0.717, 1.165) is 12.1 Å². The quantitative estimate of drug-likeness (QED) is 0.868. The highest BCUT2D eigenvalue weighted by Gasteiger charge is 2.22. The van der Waals surface area contributed by atoms with E-state index >= 15 is 0 Å². The molecule has 1 aliphatic rings. The molecular formula is C19H17F2N3O3. The number of pyridine rings is 1. The van der Waals surface area contributed by atoms with Gasteiger partial charge in [0.15, 0.2) is 17.4 Å². The molecule has 27 heavy (non-hydrogen) atoms. The van der Waals surface area contributed by atoms with Crippen molar-refractivity contribution in [2.24, 2.45) is 0 Å². The van der Waals surface area contributed by atoms with Crippen molar-refractivity contribution in [2.75, 3.05) is 7.05 Å². The van der Waals surface area contributed by atoms with Crippen LogP contribution >= 0.6 is 0 Å². The van der Waals surface area contributed by atoms with Crippen molar-refractivity contribution < 1.29 is 18.4 Å². The van der Waals surface area contributed by atoms with Crippen LogP contribution in [0, 0.1) is 11.6 Å². The molecular weight excluding hydrogens is 356 g/mol. The summed E-state index contributed by atoms with van der Waals surface area (Å²) >= 11 is 0. The zero-order valence-electron chi connectivity index (χ0n) is 14.7. The van der Waals surface area contributed by atoms with Crippen molar-refractivity contribution in [3.63, 3.8) is 0 Å². The van der Waals surface area contributed by atoms with Gasteiger partial charge in [0.1, 0.15) is 0 Å². The highest BCUT2D eigenvalue weighted by Crippen LogP contribution is 2.27. The predicted octanol–water partition coefficient (Wildman–Crippen LogP) is 2.92. The highest BCUT2D eigenvalue weighted by molar-refractivity contribution is 5.93. The maximum absolute atomic E-state index is 13.7. The number of nitrogens with one attached hydrogen (secondary N) is 2. The molecule has 2 amide bonds. The minimum absolute atomic E-state index is 0.00323. The van der Waals surface area contributed by atoms with Crippen molar-refractivity contribution in [3.05, 3.63) is 69.8 Å². The first-order chi connectivity index (χ1) is 12.8. The Morgan fingerprint density at radius 3 is 2.48 bits per heavy atom. The average molecular weight is 373 g/mol. The van der Waals surface area contributed by atoms with Crippen molar-refractivity contribution in [1.29, 1.82) is 0 Å². The lowest BCUT2D eigenvalue weighted by atomic mass is 10.0. The number of ketones is 1. The van der Waals surface area contributed by atoms with E-state index in [1.165, 1.54) is 30.3 Å². The molecule has 140 valence electrons.